The smallest absolute Gasteiger partial charge is 0.194 e. The van der Waals surface area contributed by atoms with Gasteiger partial charge in [0.05, 0.1) is 12.2 Å². The van der Waals surface area contributed by atoms with Crippen LogP contribution in [0.4, 0.5) is 0 Å². The third-order valence-electron chi connectivity index (χ3n) is 4.91. The highest BCUT2D eigenvalue weighted by Crippen LogP contribution is 2.16. The Balaban J connectivity index is 1.37. The van der Waals surface area contributed by atoms with Gasteiger partial charge < -0.3 is 14.7 Å². The molecule has 2 aromatic heterocycles. The van der Waals surface area contributed by atoms with Gasteiger partial charge in [-0.25, -0.2) is 9.98 Å². The second-order valence-corrected chi connectivity index (χ2v) is 6.96. The van der Waals surface area contributed by atoms with Crippen LogP contribution in [-0.2, 0) is 13.1 Å². The predicted molar refractivity (Wildman–Crippen MR) is 110 cm³/mol. The summed E-state index contributed by atoms with van der Waals surface area (Å²) in [6, 6.07) is 10.2. The summed E-state index contributed by atoms with van der Waals surface area (Å²) in [5.74, 6) is 1.73. The quantitative estimate of drug-likeness (QED) is 0.485. The van der Waals surface area contributed by atoms with E-state index >= 15 is 0 Å². The number of aliphatic imine (C=N–C) groups is 1. The van der Waals surface area contributed by atoms with Crippen LogP contribution in [0.15, 0.2) is 52.4 Å². The molecular weight excluding hydrogens is 368 g/mol. The van der Waals surface area contributed by atoms with Crippen LogP contribution < -0.4 is 5.32 Å². The van der Waals surface area contributed by atoms with Gasteiger partial charge in [-0.2, -0.15) is 5.10 Å². The van der Waals surface area contributed by atoms with E-state index in [1.54, 1.807) is 6.26 Å². The number of nitrogens with one attached hydrogen (secondary N) is 2. The number of aromatic nitrogens is 4. The van der Waals surface area contributed by atoms with Crippen LogP contribution in [0, 0.1) is 0 Å². The van der Waals surface area contributed by atoms with Crippen molar-refractivity contribution in [3.05, 3.63) is 54.2 Å². The highest BCUT2D eigenvalue weighted by molar-refractivity contribution is 5.80. The first kappa shape index (κ1) is 19.1. The van der Waals surface area contributed by atoms with Crippen molar-refractivity contribution in [2.45, 2.75) is 20.0 Å². The summed E-state index contributed by atoms with van der Waals surface area (Å²) in [4.78, 5) is 13.8. The standard InChI is InChI=1S/C20H26N8O/c1-2-21-20(28-9-7-27(8-10-28)14-18-6-11-29-26-18)22-13-16-4-3-5-17(12-16)19-23-15-24-25-19/h3-6,11-12,15H,2,7-10,13-14H2,1H3,(H,21,22)(H,23,24,25). The van der Waals surface area contributed by atoms with Gasteiger partial charge in [0.25, 0.3) is 0 Å². The molecule has 0 bridgehead atoms. The first-order chi connectivity index (χ1) is 14.3. The molecule has 0 unspecified atom stereocenters. The molecule has 0 atom stereocenters. The maximum absolute atomic E-state index is 4.93. The molecule has 1 fully saturated rings. The van der Waals surface area contributed by atoms with E-state index in [-0.39, 0.29) is 0 Å². The first-order valence-corrected chi connectivity index (χ1v) is 9.91. The zero-order chi connectivity index (χ0) is 19.9. The SMILES string of the molecule is CCNC(=NCc1cccc(-c2ncn[nH]2)c1)N1CCN(Cc2ccon2)CC1. The van der Waals surface area contributed by atoms with Crippen LogP contribution in [-0.4, -0.2) is 68.8 Å². The number of nitrogens with zero attached hydrogens (tertiary/aromatic N) is 6. The molecule has 29 heavy (non-hydrogen) atoms. The zero-order valence-electron chi connectivity index (χ0n) is 16.6. The Labute approximate surface area is 169 Å². The summed E-state index contributed by atoms with van der Waals surface area (Å²) < 4.78 is 4.93. The van der Waals surface area contributed by atoms with Gasteiger partial charge in [-0.3, -0.25) is 10.00 Å². The van der Waals surface area contributed by atoms with Gasteiger partial charge in [0.2, 0.25) is 0 Å². The number of hydrogen-bond acceptors (Lipinski definition) is 6. The molecule has 1 aliphatic heterocycles. The molecular formula is C20H26N8O. The minimum atomic E-state index is 0.615. The number of piperazine rings is 1. The summed E-state index contributed by atoms with van der Waals surface area (Å²) in [6.45, 7) is 8.19. The Hall–Kier alpha value is -3.20. The van der Waals surface area contributed by atoms with Gasteiger partial charge in [-0.15, -0.1) is 0 Å². The van der Waals surface area contributed by atoms with E-state index < -0.39 is 0 Å². The molecule has 3 aromatic rings. The molecule has 9 nitrogen and oxygen atoms in total. The zero-order valence-corrected chi connectivity index (χ0v) is 16.6. The molecule has 1 aliphatic rings. The summed E-state index contributed by atoms with van der Waals surface area (Å²) in [7, 11) is 0. The summed E-state index contributed by atoms with van der Waals surface area (Å²) in [5.41, 5.74) is 3.13. The van der Waals surface area contributed by atoms with Crippen LogP contribution in [0.5, 0.6) is 0 Å². The number of H-pyrrole nitrogens is 1. The average molecular weight is 394 g/mol. The minimum Gasteiger partial charge on any atom is -0.364 e. The second-order valence-electron chi connectivity index (χ2n) is 6.96. The number of aromatic amines is 1. The predicted octanol–water partition coefficient (Wildman–Crippen LogP) is 1.74. The lowest BCUT2D eigenvalue weighted by Crippen LogP contribution is -2.52. The lowest BCUT2D eigenvalue weighted by molar-refractivity contribution is 0.169. The van der Waals surface area contributed by atoms with Crippen molar-refractivity contribution in [2.75, 3.05) is 32.7 Å². The van der Waals surface area contributed by atoms with Crippen LogP contribution in [0.1, 0.15) is 18.2 Å². The van der Waals surface area contributed by atoms with Gasteiger partial charge in [0.15, 0.2) is 11.8 Å². The van der Waals surface area contributed by atoms with E-state index in [1.165, 1.54) is 6.33 Å². The van der Waals surface area contributed by atoms with Crippen LogP contribution in [0.25, 0.3) is 11.4 Å². The Morgan fingerprint density at radius 3 is 2.86 bits per heavy atom. The topological polar surface area (TPSA) is 98.5 Å². The highest BCUT2D eigenvalue weighted by atomic mass is 16.5. The van der Waals surface area contributed by atoms with Crippen molar-refractivity contribution in [1.29, 1.82) is 0 Å². The van der Waals surface area contributed by atoms with Crippen molar-refractivity contribution < 1.29 is 4.52 Å². The average Bonchev–Trinajstić information content (AvgIpc) is 3.46. The highest BCUT2D eigenvalue weighted by Gasteiger charge is 2.20. The molecule has 1 aromatic carbocycles. The molecule has 0 radical (unpaired) electrons. The third-order valence-corrected chi connectivity index (χ3v) is 4.91. The summed E-state index contributed by atoms with van der Waals surface area (Å²) in [5, 5.41) is 14.3. The monoisotopic (exact) mass is 394 g/mol. The molecule has 0 amide bonds. The molecule has 4 rings (SSSR count). The van der Waals surface area contributed by atoms with Crippen LogP contribution in [0.3, 0.4) is 0 Å². The fourth-order valence-corrected chi connectivity index (χ4v) is 3.42. The molecule has 0 spiro atoms. The number of guanidine groups is 1. The van der Waals surface area contributed by atoms with Gasteiger partial charge in [0, 0.05) is 50.9 Å². The summed E-state index contributed by atoms with van der Waals surface area (Å²) in [6.07, 6.45) is 3.14. The van der Waals surface area contributed by atoms with Crippen molar-refractivity contribution in [3.63, 3.8) is 0 Å². The van der Waals surface area contributed by atoms with E-state index in [1.807, 2.05) is 18.2 Å². The Bertz CT molecular complexity index is 898. The normalized spacial score (nSPS) is 15.6. The van der Waals surface area contributed by atoms with E-state index in [0.717, 1.165) is 67.9 Å². The molecule has 152 valence electrons. The maximum Gasteiger partial charge on any atom is 0.194 e. The van der Waals surface area contributed by atoms with E-state index in [0.29, 0.717) is 6.54 Å². The van der Waals surface area contributed by atoms with Crippen molar-refractivity contribution in [2.24, 2.45) is 4.99 Å². The lowest BCUT2D eigenvalue weighted by Gasteiger charge is -2.36. The van der Waals surface area contributed by atoms with Crippen molar-refractivity contribution in [1.82, 2.24) is 35.5 Å². The van der Waals surface area contributed by atoms with Gasteiger partial charge in [0.1, 0.15) is 12.6 Å². The van der Waals surface area contributed by atoms with Gasteiger partial charge in [-0.1, -0.05) is 23.4 Å². The largest absolute Gasteiger partial charge is 0.364 e. The molecule has 9 heteroatoms. The molecule has 0 saturated carbocycles. The van der Waals surface area contributed by atoms with Gasteiger partial charge in [-0.05, 0) is 18.6 Å². The second kappa shape index (κ2) is 9.33. The molecule has 3 heterocycles. The fourth-order valence-electron chi connectivity index (χ4n) is 3.42. The Kier molecular flexibility index (Phi) is 6.16. The van der Waals surface area contributed by atoms with Crippen molar-refractivity contribution >= 4 is 5.96 Å². The minimum absolute atomic E-state index is 0.615. The van der Waals surface area contributed by atoms with Crippen molar-refractivity contribution in [3.8, 4) is 11.4 Å². The number of hydrogen-bond donors (Lipinski definition) is 2. The maximum atomic E-state index is 4.93. The van der Waals surface area contributed by atoms with E-state index in [2.05, 4.69) is 54.5 Å². The first-order valence-electron chi connectivity index (χ1n) is 9.91. The van der Waals surface area contributed by atoms with Crippen LogP contribution >= 0.6 is 0 Å². The van der Waals surface area contributed by atoms with Crippen LogP contribution in [0.2, 0.25) is 0 Å². The molecule has 0 aliphatic carbocycles. The number of rotatable bonds is 6. The molecule has 1 saturated heterocycles. The van der Waals surface area contributed by atoms with E-state index in [4.69, 9.17) is 9.52 Å². The fraction of sp³-hybridized carbons (Fsp3) is 0.400. The number of benzene rings is 1. The third kappa shape index (κ3) is 5.00. The van der Waals surface area contributed by atoms with E-state index in [9.17, 15) is 0 Å². The van der Waals surface area contributed by atoms with Gasteiger partial charge >= 0.3 is 0 Å². The Morgan fingerprint density at radius 2 is 2.14 bits per heavy atom. The Morgan fingerprint density at radius 1 is 1.24 bits per heavy atom. The lowest BCUT2D eigenvalue weighted by atomic mass is 10.1. The molecule has 2 N–H and O–H groups in total. The summed E-state index contributed by atoms with van der Waals surface area (Å²) >= 11 is 0.